The summed E-state index contributed by atoms with van der Waals surface area (Å²) < 4.78 is 1.02. The molecule has 0 unspecified atom stereocenters. The number of carbonyl (C=O) groups is 1. The maximum Gasteiger partial charge on any atom is 0.331 e. The van der Waals surface area contributed by atoms with Crippen LogP contribution < -0.4 is 16.7 Å². The van der Waals surface area contributed by atoms with Crippen molar-refractivity contribution in [1.82, 2.24) is 15.0 Å². The highest BCUT2D eigenvalue weighted by Gasteiger charge is 2.19. The maximum absolute atomic E-state index is 12.4. The van der Waals surface area contributed by atoms with E-state index in [1.807, 2.05) is 6.07 Å². The van der Waals surface area contributed by atoms with Gasteiger partial charge >= 0.3 is 5.69 Å². The van der Waals surface area contributed by atoms with E-state index < -0.39 is 23.0 Å². The summed E-state index contributed by atoms with van der Waals surface area (Å²) in [5, 5.41) is 24.4. The van der Waals surface area contributed by atoms with E-state index in [-0.39, 0.29) is 35.6 Å². The van der Waals surface area contributed by atoms with E-state index in [4.69, 9.17) is 0 Å². The molecule has 0 radical (unpaired) electrons. The first-order chi connectivity index (χ1) is 14.4. The summed E-state index contributed by atoms with van der Waals surface area (Å²) in [6, 6.07) is 14.9. The van der Waals surface area contributed by atoms with E-state index in [0.717, 1.165) is 10.1 Å². The number of hydrogen-bond donors (Lipinski definition) is 4. The fourth-order valence-corrected chi connectivity index (χ4v) is 2.89. The van der Waals surface area contributed by atoms with Gasteiger partial charge in [0.25, 0.3) is 11.5 Å². The van der Waals surface area contributed by atoms with Crippen LogP contribution in [0.25, 0.3) is 0 Å². The van der Waals surface area contributed by atoms with Gasteiger partial charge in [0.2, 0.25) is 5.88 Å². The number of hydrogen-bond acceptors (Lipinski definition) is 6. The normalized spacial score (nSPS) is 11.3. The number of phenols is 1. The summed E-state index contributed by atoms with van der Waals surface area (Å²) in [4.78, 5) is 39.0. The number of carbonyl (C=O) groups excluding carboxylic acids is 1. The van der Waals surface area contributed by atoms with Crippen LogP contribution in [-0.2, 0) is 6.54 Å². The average Bonchev–Trinajstić information content (AvgIpc) is 2.74. The lowest BCUT2D eigenvalue weighted by Gasteiger charge is -2.12. The number of phenolic OH excluding ortho intramolecular Hbond substituents is 1. The van der Waals surface area contributed by atoms with Crippen molar-refractivity contribution < 1.29 is 15.0 Å². The molecule has 2 aromatic carbocycles. The molecule has 0 saturated heterocycles. The molecule has 0 spiro atoms. The van der Waals surface area contributed by atoms with Gasteiger partial charge in [0.1, 0.15) is 11.3 Å². The number of nitrogens with zero attached hydrogens (tertiary/aromatic N) is 2. The Morgan fingerprint density at radius 1 is 1.07 bits per heavy atom. The Kier molecular flexibility index (Phi) is 6.11. The topological polar surface area (TPSA) is 137 Å². The number of para-hydroxylation sites is 1. The number of rotatable bonds is 6. The molecule has 154 valence electrons. The molecule has 9 heteroatoms. The van der Waals surface area contributed by atoms with Crippen LogP contribution in [0, 0.1) is 0 Å². The van der Waals surface area contributed by atoms with E-state index in [1.54, 1.807) is 43.3 Å². The minimum Gasteiger partial charge on any atom is -0.507 e. The molecular formula is C21H20N4O5. The van der Waals surface area contributed by atoms with Gasteiger partial charge in [0.15, 0.2) is 0 Å². The minimum atomic E-state index is -0.820. The van der Waals surface area contributed by atoms with Crippen molar-refractivity contribution in [2.75, 3.05) is 0 Å². The van der Waals surface area contributed by atoms with Crippen molar-refractivity contribution in [1.29, 1.82) is 0 Å². The number of benzene rings is 2. The third kappa shape index (κ3) is 4.30. The zero-order valence-corrected chi connectivity index (χ0v) is 16.1. The van der Waals surface area contributed by atoms with Gasteiger partial charge in [-0.1, -0.05) is 49.4 Å². The fourth-order valence-electron chi connectivity index (χ4n) is 2.89. The number of aromatic nitrogens is 2. The number of H-pyrrole nitrogens is 1. The lowest BCUT2D eigenvalue weighted by molar-refractivity contribution is 0.0952. The van der Waals surface area contributed by atoms with Crippen LogP contribution in [0.2, 0.25) is 0 Å². The molecule has 0 bridgehead atoms. The zero-order chi connectivity index (χ0) is 21.7. The highest BCUT2D eigenvalue weighted by Crippen LogP contribution is 2.17. The van der Waals surface area contributed by atoms with Gasteiger partial charge < -0.3 is 10.2 Å². The SMILES string of the molecule is CC/C(=N/NC(=O)c1ccccc1O)c1c(O)n(Cc2ccccc2)c(=O)[nH]c1=O. The van der Waals surface area contributed by atoms with Crippen LogP contribution in [0.5, 0.6) is 11.6 Å². The molecule has 0 saturated carbocycles. The Labute approximate surface area is 171 Å². The fraction of sp³-hybridized carbons (Fsp3) is 0.143. The van der Waals surface area contributed by atoms with E-state index in [9.17, 15) is 24.6 Å². The van der Waals surface area contributed by atoms with Crippen LogP contribution in [0.3, 0.4) is 0 Å². The van der Waals surface area contributed by atoms with E-state index in [2.05, 4.69) is 15.5 Å². The van der Waals surface area contributed by atoms with Crippen LogP contribution in [0.4, 0.5) is 0 Å². The minimum absolute atomic E-state index is 0.00359. The van der Waals surface area contributed by atoms with Gasteiger partial charge in [0, 0.05) is 0 Å². The summed E-state index contributed by atoms with van der Waals surface area (Å²) in [7, 11) is 0. The molecule has 3 aromatic rings. The lowest BCUT2D eigenvalue weighted by atomic mass is 10.1. The van der Waals surface area contributed by atoms with Crippen molar-refractivity contribution in [2.45, 2.75) is 19.9 Å². The van der Waals surface area contributed by atoms with Gasteiger partial charge in [-0.2, -0.15) is 5.10 Å². The van der Waals surface area contributed by atoms with Gasteiger partial charge in [-0.15, -0.1) is 0 Å². The molecule has 3 rings (SSSR count). The molecule has 0 aliphatic rings. The first kappa shape index (κ1) is 20.6. The van der Waals surface area contributed by atoms with E-state index in [1.165, 1.54) is 12.1 Å². The highest BCUT2D eigenvalue weighted by atomic mass is 16.3. The predicted octanol–water partition coefficient (Wildman–Crippen LogP) is 1.54. The third-order valence-electron chi connectivity index (χ3n) is 4.42. The van der Waals surface area contributed by atoms with Gasteiger partial charge in [-0.3, -0.25) is 19.1 Å². The first-order valence-corrected chi connectivity index (χ1v) is 9.17. The van der Waals surface area contributed by atoms with Crippen molar-refractivity contribution >= 4 is 11.6 Å². The van der Waals surface area contributed by atoms with Crippen LogP contribution in [0.15, 0.2) is 69.3 Å². The molecule has 1 heterocycles. The Morgan fingerprint density at radius 2 is 1.73 bits per heavy atom. The zero-order valence-electron chi connectivity index (χ0n) is 16.1. The standard InChI is InChI=1S/C21H20N4O5/c1-2-15(23-24-18(27)14-10-6-7-11-16(14)26)17-19(28)22-21(30)25(20(17)29)12-13-8-4-3-5-9-13/h3-11,26,29H,2,12H2,1H3,(H,24,27)(H,22,28,30)/b23-15-. The van der Waals surface area contributed by atoms with Crippen molar-refractivity contribution in [2.24, 2.45) is 5.10 Å². The quantitative estimate of drug-likeness (QED) is 0.362. The molecule has 0 fully saturated rings. The van der Waals surface area contributed by atoms with E-state index >= 15 is 0 Å². The summed E-state index contributed by atoms with van der Waals surface area (Å²) in [6.07, 6.45) is 0.182. The number of nitrogens with one attached hydrogen (secondary N) is 2. The van der Waals surface area contributed by atoms with Gasteiger partial charge in [0.05, 0.1) is 17.8 Å². The summed E-state index contributed by atoms with van der Waals surface area (Å²) in [5.74, 6) is -1.46. The second-order valence-electron chi connectivity index (χ2n) is 6.40. The van der Waals surface area contributed by atoms with Crippen LogP contribution in [-0.4, -0.2) is 31.4 Å². The molecule has 30 heavy (non-hydrogen) atoms. The molecule has 0 atom stereocenters. The van der Waals surface area contributed by atoms with Crippen molar-refractivity contribution in [3.8, 4) is 11.6 Å². The Hall–Kier alpha value is -4.14. The predicted molar refractivity (Wildman–Crippen MR) is 111 cm³/mol. The van der Waals surface area contributed by atoms with E-state index in [0.29, 0.717) is 0 Å². The second-order valence-corrected chi connectivity index (χ2v) is 6.40. The number of amides is 1. The van der Waals surface area contributed by atoms with Crippen molar-refractivity contribution in [3.05, 3.63) is 92.1 Å². The number of aromatic hydroxyl groups is 2. The molecule has 9 nitrogen and oxygen atoms in total. The number of aromatic amines is 1. The summed E-state index contributed by atoms with van der Waals surface area (Å²) in [5.41, 5.74) is 1.28. The average molecular weight is 408 g/mol. The maximum atomic E-state index is 12.4. The van der Waals surface area contributed by atoms with Crippen LogP contribution >= 0.6 is 0 Å². The van der Waals surface area contributed by atoms with Gasteiger partial charge in [-0.05, 0) is 24.1 Å². The molecule has 4 N–H and O–H groups in total. The molecular weight excluding hydrogens is 388 g/mol. The summed E-state index contributed by atoms with van der Waals surface area (Å²) >= 11 is 0. The molecule has 1 aromatic heterocycles. The Bertz CT molecular complexity index is 1210. The first-order valence-electron chi connectivity index (χ1n) is 9.17. The highest BCUT2D eigenvalue weighted by molar-refractivity contribution is 6.03. The largest absolute Gasteiger partial charge is 0.507 e. The summed E-state index contributed by atoms with van der Waals surface area (Å²) in [6.45, 7) is 1.72. The Balaban J connectivity index is 1.98. The molecule has 1 amide bonds. The molecule has 0 aliphatic heterocycles. The monoisotopic (exact) mass is 408 g/mol. The molecule has 0 aliphatic carbocycles. The number of hydrazone groups is 1. The smallest absolute Gasteiger partial charge is 0.331 e. The third-order valence-corrected chi connectivity index (χ3v) is 4.42. The lowest BCUT2D eigenvalue weighted by Crippen LogP contribution is -2.34. The van der Waals surface area contributed by atoms with Gasteiger partial charge in [-0.25, -0.2) is 10.2 Å². The van der Waals surface area contributed by atoms with Crippen LogP contribution in [0.1, 0.15) is 34.8 Å². The second kappa shape index (κ2) is 8.91. The Morgan fingerprint density at radius 3 is 2.40 bits per heavy atom. The van der Waals surface area contributed by atoms with Crippen molar-refractivity contribution in [3.63, 3.8) is 0 Å².